The van der Waals surface area contributed by atoms with Crippen LogP contribution in [0.3, 0.4) is 0 Å². The van der Waals surface area contributed by atoms with Crippen LogP contribution in [0.5, 0.6) is 0 Å². The Kier molecular flexibility index (Phi) is 2.41. The quantitative estimate of drug-likeness (QED) is 0.580. The van der Waals surface area contributed by atoms with Crippen LogP contribution in [0.2, 0.25) is 0 Å². The van der Waals surface area contributed by atoms with Crippen molar-refractivity contribution < 1.29 is 0 Å². The third kappa shape index (κ3) is 1.82. The molecule has 0 atom stereocenters. The van der Waals surface area contributed by atoms with Gasteiger partial charge < -0.3 is 5.73 Å². The van der Waals surface area contributed by atoms with Crippen molar-refractivity contribution in [3.8, 4) is 5.69 Å². The lowest BCUT2D eigenvalue weighted by Gasteiger charge is -2.07. The van der Waals surface area contributed by atoms with Gasteiger partial charge in [0.25, 0.3) is 0 Å². The van der Waals surface area contributed by atoms with E-state index in [0.29, 0.717) is 5.95 Å². The molecule has 0 saturated heterocycles. The number of benzene rings is 1. The highest BCUT2D eigenvalue weighted by Crippen LogP contribution is 2.24. The SMILES string of the molecule is Cc1cnc2c(c1)nc(N)n2-c1ccc2ncccc2c1. The minimum atomic E-state index is 0.436. The average molecular weight is 275 g/mol. The zero-order valence-corrected chi connectivity index (χ0v) is 11.5. The van der Waals surface area contributed by atoms with Crippen LogP contribution in [0.15, 0.2) is 48.8 Å². The predicted molar refractivity (Wildman–Crippen MR) is 83.3 cm³/mol. The molecule has 4 aromatic rings. The van der Waals surface area contributed by atoms with E-state index in [4.69, 9.17) is 5.73 Å². The number of nitrogens with two attached hydrogens (primary N) is 1. The smallest absolute Gasteiger partial charge is 0.207 e. The van der Waals surface area contributed by atoms with E-state index in [1.807, 2.05) is 54.1 Å². The van der Waals surface area contributed by atoms with Crippen LogP contribution in [-0.2, 0) is 0 Å². The Morgan fingerprint density at radius 1 is 1.05 bits per heavy atom. The molecule has 0 bridgehead atoms. The van der Waals surface area contributed by atoms with Crippen LogP contribution in [0, 0.1) is 6.92 Å². The van der Waals surface area contributed by atoms with Crippen LogP contribution in [-0.4, -0.2) is 19.5 Å². The molecule has 5 heteroatoms. The Morgan fingerprint density at radius 3 is 2.86 bits per heavy atom. The summed E-state index contributed by atoms with van der Waals surface area (Å²) in [6, 6.07) is 11.9. The van der Waals surface area contributed by atoms with Crippen LogP contribution in [0.4, 0.5) is 5.95 Å². The van der Waals surface area contributed by atoms with Crippen molar-refractivity contribution in [3.63, 3.8) is 0 Å². The molecule has 5 nitrogen and oxygen atoms in total. The van der Waals surface area contributed by atoms with Gasteiger partial charge in [-0.05, 0) is 42.8 Å². The van der Waals surface area contributed by atoms with Crippen LogP contribution >= 0.6 is 0 Å². The fraction of sp³-hybridized carbons (Fsp3) is 0.0625. The molecule has 21 heavy (non-hydrogen) atoms. The lowest BCUT2D eigenvalue weighted by atomic mass is 10.2. The van der Waals surface area contributed by atoms with E-state index in [2.05, 4.69) is 15.0 Å². The maximum atomic E-state index is 6.08. The number of nitrogen functional groups attached to an aromatic ring is 1. The maximum absolute atomic E-state index is 6.08. The highest BCUT2D eigenvalue weighted by Gasteiger charge is 2.11. The number of aryl methyl sites for hydroxylation is 1. The first-order valence-electron chi connectivity index (χ1n) is 6.68. The Labute approximate surface area is 121 Å². The summed E-state index contributed by atoms with van der Waals surface area (Å²) in [5.41, 5.74) is 10.6. The molecule has 0 radical (unpaired) electrons. The van der Waals surface area contributed by atoms with Gasteiger partial charge in [-0.1, -0.05) is 6.07 Å². The van der Waals surface area contributed by atoms with E-state index in [9.17, 15) is 0 Å². The van der Waals surface area contributed by atoms with E-state index in [1.165, 1.54) is 0 Å². The van der Waals surface area contributed by atoms with Gasteiger partial charge in [0.05, 0.1) is 11.2 Å². The molecule has 0 amide bonds. The lowest BCUT2D eigenvalue weighted by molar-refractivity contribution is 1.08. The van der Waals surface area contributed by atoms with Gasteiger partial charge in [0, 0.05) is 17.8 Å². The van der Waals surface area contributed by atoms with Crippen LogP contribution in [0.25, 0.3) is 27.8 Å². The van der Waals surface area contributed by atoms with Crippen molar-refractivity contribution in [2.75, 3.05) is 5.73 Å². The Bertz CT molecular complexity index is 971. The second kappa shape index (κ2) is 4.28. The van der Waals surface area contributed by atoms with Crippen molar-refractivity contribution in [1.82, 2.24) is 19.5 Å². The number of aromatic nitrogens is 4. The summed E-state index contributed by atoms with van der Waals surface area (Å²) in [5.74, 6) is 0.436. The van der Waals surface area contributed by atoms with Crippen molar-refractivity contribution in [1.29, 1.82) is 0 Å². The summed E-state index contributed by atoms with van der Waals surface area (Å²) in [4.78, 5) is 13.2. The molecule has 0 spiro atoms. The summed E-state index contributed by atoms with van der Waals surface area (Å²) < 4.78 is 1.86. The first-order valence-corrected chi connectivity index (χ1v) is 6.68. The Balaban J connectivity index is 2.01. The molecule has 2 N–H and O–H groups in total. The number of pyridine rings is 2. The fourth-order valence-corrected chi connectivity index (χ4v) is 2.54. The summed E-state index contributed by atoms with van der Waals surface area (Å²) in [6.45, 7) is 1.99. The zero-order chi connectivity index (χ0) is 14.4. The summed E-state index contributed by atoms with van der Waals surface area (Å²) in [7, 11) is 0. The molecule has 0 aliphatic heterocycles. The maximum Gasteiger partial charge on any atom is 0.207 e. The number of hydrogen-bond donors (Lipinski definition) is 1. The number of anilines is 1. The Hall–Kier alpha value is -2.95. The number of imidazole rings is 1. The topological polar surface area (TPSA) is 69.6 Å². The van der Waals surface area contributed by atoms with Gasteiger partial charge in [-0.25, -0.2) is 9.97 Å². The molecule has 0 fully saturated rings. The summed E-state index contributed by atoms with van der Waals surface area (Å²) >= 11 is 0. The van der Waals surface area contributed by atoms with Crippen molar-refractivity contribution in [2.24, 2.45) is 0 Å². The molecule has 0 aliphatic carbocycles. The third-order valence-corrected chi connectivity index (χ3v) is 3.50. The van der Waals surface area contributed by atoms with Crippen molar-refractivity contribution in [3.05, 3.63) is 54.4 Å². The molecule has 0 saturated carbocycles. The van der Waals surface area contributed by atoms with Gasteiger partial charge in [-0.15, -0.1) is 0 Å². The average Bonchev–Trinajstić information content (AvgIpc) is 2.81. The molecule has 102 valence electrons. The minimum absolute atomic E-state index is 0.436. The molecule has 0 unspecified atom stereocenters. The van der Waals surface area contributed by atoms with Gasteiger partial charge in [-0.2, -0.15) is 0 Å². The molecule has 0 aliphatic rings. The second-order valence-corrected chi connectivity index (χ2v) is 5.04. The van der Waals surface area contributed by atoms with Crippen LogP contribution < -0.4 is 5.73 Å². The third-order valence-electron chi connectivity index (χ3n) is 3.50. The number of hydrogen-bond acceptors (Lipinski definition) is 4. The van der Waals surface area contributed by atoms with E-state index in [1.54, 1.807) is 6.20 Å². The van der Waals surface area contributed by atoms with Crippen molar-refractivity contribution >= 4 is 28.0 Å². The van der Waals surface area contributed by atoms with E-state index in [-0.39, 0.29) is 0 Å². The number of fused-ring (bicyclic) bond motifs is 2. The van der Waals surface area contributed by atoms with Crippen molar-refractivity contribution in [2.45, 2.75) is 6.92 Å². The highest BCUT2D eigenvalue weighted by atomic mass is 15.2. The summed E-state index contributed by atoms with van der Waals surface area (Å²) in [6.07, 6.45) is 3.61. The first-order chi connectivity index (χ1) is 10.2. The predicted octanol–water partition coefficient (Wildman–Crippen LogP) is 2.86. The number of nitrogens with zero attached hydrogens (tertiary/aromatic N) is 4. The van der Waals surface area contributed by atoms with Crippen LogP contribution in [0.1, 0.15) is 5.56 Å². The molecular formula is C16H13N5. The van der Waals surface area contributed by atoms with Gasteiger partial charge in [0.15, 0.2) is 5.65 Å². The normalized spacial score (nSPS) is 11.3. The molecule has 4 rings (SSSR count). The van der Waals surface area contributed by atoms with E-state index >= 15 is 0 Å². The standard InChI is InChI=1S/C16H13N5/c1-10-7-14-15(19-9-10)21(16(17)20-14)12-4-5-13-11(8-12)3-2-6-18-13/h2-9H,1H3,(H2,17,20). The van der Waals surface area contributed by atoms with Gasteiger partial charge in [0.1, 0.15) is 5.52 Å². The molecule has 3 heterocycles. The van der Waals surface area contributed by atoms with Gasteiger partial charge >= 0.3 is 0 Å². The Morgan fingerprint density at radius 2 is 1.95 bits per heavy atom. The minimum Gasteiger partial charge on any atom is -0.369 e. The number of rotatable bonds is 1. The van der Waals surface area contributed by atoms with Gasteiger partial charge in [-0.3, -0.25) is 9.55 Å². The van der Waals surface area contributed by atoms with Gasteiger partial charge in [0.2, 0.25) is 5.95 Å². The first kappa shape index (κ1) is 11.8. The highest BCUT2D eigenvalue weighted by molar-refractivity contribution is 5.83. The largest absolute Gasteiger partial charge is 0.369 e. The molecule has 3 aromatic heterocycles. The van der Waals surface area contributed by atoms with E-state index < -0.39 is 0 Å². The molecular weight excluding hydrogens is 262 g/mol. The second-order valence-electron chi connectivity index (χ2n) is 5.04. The van der Waals surface area contributed by atoms with E-state index in [0.717, 1.165) is 33.3 Å². The molecule has 1 aromatic carbocycles. The fourth-order valence-electron chi connectivity index (χ4n) is 2.54. The zero-order valence-electron chi connectivity index (χ0n) is 11.5. The monoisotopic (exact) mass is 275 g/mol. The lowest BCUT2D eigenvalue weighted by Crippen LogP contribution is -2.01. The summed E-state index contributed by atoms with van der Waals surface area (Å²) in [5, 5.41) is 1.06.